The highest BCUT2D eigenvalue weighted by molar-refractivity contribution is 6.07. The summed E-state index contributed by atoms with van der Waals surface area (Å²) < 4.78 is 0. The van der Waals surface area contributed by atoms with Crippen molar-refractivity contribution in [1.29, 1.82) is 0 Å². The molecule has 0 spiro atoms. The van der Waals surface area contributed by atoms with Gasteiger partial charge in [0.15, 0.2) is 0 Å². The quantitative estimate of drug-likeness (QED) is 0.567. The van der Waals surface area contributed by atoms with Crippen LogP contribution in [0, 0.1) is 0 Å². The minimum absolute atomic E-state index is 0.180. The number of aromatic amines is 1. The summed E-state index contributed by atoms with van der Waals surface area (Å²) in [5.41, 5.74) is 5.58. The second-order valence-corrected chi connectivity index (χ2v) is 9.21. The van der Waals surface area contributed by atoms with Crippen LogP contribution in [0.25, 0.3) is 21.8 Å². The molecule has 0 aliphatic heterocycles. The van der Waals surface area contributed by atoms with E-state index in [2.05, 4.69) is 82.9 Å². The van der Waals surface area contributed by atoms with E-state index in [1.165, 1.54) is 37.8 Å². The summed E-state index contributed by atoms with van der Waals surface area (Å²) in [5.74, 6) is 0. The number of rotatable bonds is 1. The van der Waals surface area contributed by atoms with Crippen LogP contribution < -0.4 is 0 Å². The highest BCUT2D eigenvalue weighted by atomic mass is 16.1. The van der Waals surface area contributed by atoms with E-state index >= 15 is 0 Å². The van der Waals surface area contributed by atoms with Crippen molar-refractivity contribution in [2.45, 2.75) is 52.4 Å². The van der Waals surface area contributed by atoms with Gasteiger partial charge in [-0.25, -0.2) is 0 Å². The molecule has 0 aliphatic rings. The molecule has 0 atom stereocenters. The molecule has 0 bridgehead atoms. The lowest BCUT2D eigenvalue weighted by Crippen LogP contribution is -2.10. The molecular weight excluding hydrogens is 320 g/mol. The Balaban J connectivity index is 0.000000431. The maximum atomic E-state index is 9.43. The molecule has 1 heterocycles. The zero-order valence-electron chi connectivity index (χ0n) is 17.4. The average Bonchev–Trinajstić information content (AvgIpc) is 2.90. The number of fused-ring (bicyclic) bond motifs is 3. The Morgan fingerprint density at radius 2 is 1.12 bits per heavy atom. The van der Waals surface area contributed by atoms with E-state index in [0.29, 0.717) is 0 Å². The molecule has 3 heteroatoms. The Bertz CT molecular complexity index is 837. The van der Waals surface area contributed by atoms with Crippen LogP contribution in [0.15, 0.2) is 36.4 Å². The third-order valence-corrected chi connectivity index (χ3v) is 4.54. The third-order valence-electron chi connectivity index (χ3n) is 4.54. The summed E-state index contributed by atoms with van der Waals surface area (Å²) in [6, 6.07) is 13.6. The number of carbonyl (C=O) groups excluding carboxylic acids is 1. The lowest BCUT2D eigenvalue weighted by molar-refractivity contribution is -0.115. The number of H-pyrrole nitrogens is 1. The summed E-state index contributed by atoms with van der Waals surface area (Å²) in [6.07, 6.45) is 0.750. The van der Waals surface area contributed by atoms with Gasteiger partial charge in [0.25, 0.3) is 0 Å². The van der Waals surface area contributed by atoms with Crippen molar-refractivity contribution in [3.8, 4) is 0 Å². The van der Waals surface area contributed by atoms with Gasteiger partial charge in [-0.15, -0.1) is 0 Å². The van der Waals surface area contributed by atoms with Gasteiger partial charge >= 0.3 is 0 Å². The Labute approximate surface area is 157 Å². The number of amides is 1. The van der Waals surface area contributed by atoms with Crippen molar-refractivity contribution >= 4 is 28.2 Å². The normalized spacial score (nSPS) is 12.0. The first kappa shape index (κ1) is 20.0. The van der Waals surface area contributed by atoms with Crippen LogP contribution in [0.3, 0.4) is 0 Å². The molecule has 1 aromatic heterocycles. The molecule has 26 heavy (non-hydrogen) atoms. The molecule has 3 aromatic rings. The van der Waals surface area contributed by atoms with E-state index in [9.17, 15) is 4.79 Å². The minimum Gasteiger partial charge on any atom is -0.355 e. The number of nitrogens with zero attached hydrogens (tertiary/aromatic N) is 1. The van der Waals surface area contributed by atoms with Crippen LogP contribution in [0.2, 0.25) is 0 Å². The first-order valence-corrected chi connectivity index (χ1v) is 9.11. The van der Waals surface area contributed by atoms with Crippen molar-refractivity contribution in [3.05, 3.63) is 47.5 Å². The summed E-state index contributed by atoms with van der Waals surface area (Å²) in [6.45, 7) is 13.6. The Kier molecular flexibility index (Phi) is 5.50. The van der Waals surface area contributed by atoms with Crippen molar-refractivity contribution in [1.82, 2.24) is 9.88 Å². The largest absolute Gasteiger partial charge is 0.355 e. The number of hydrogen-bond donors (Lipinski definition) is 1. The molecule has 1 N–H and O–H groups in total. The first-order valence-electron chi connectivity index (χ1n) is 9.11. The maximum Gasteiger partial charge on any atom is 0.209 e. The smallest absolute Gasteiger partial charge is 0.209 e. The van der Waals surface area contributed by atoms with Crippen LogP contribution in [-0.4, -0.2) is 30.4 Å². The van der Waals surface area contributed by atoms with Crippen molar-refractivity contribution < 1.29 is 4.79 Å². The molecule has 0 radical (unpaired) electrons. The van der Waals surface area contributed by atoms with Crippen LogP contribution in [0.5, 0.6) is 0 Å². The Hall–Kier alpha value is -2.29. The fraction of sp³-hybridized carbons (Fsp3) is 0.435. The van der Waals surface area contributed by atoms with Crippen LogP contribution >= 0.6 is 0 Å². The Morgan fingerprint density at radius 1 is 0.769 bits per heavy atom. The fourth-order valence-electron chi connectivity index (χ4n) is 2.83. The number of carbonyl (C=O) groups is 1. The topological polar surface area (TPSA) is 36.1 Å². The molecule has 0 unspecified atom stereocenters. The minimum atomic E-state index is 0.180. The van der Waals surface area contributed by atoms with Gasteiger partial charge in [-0.2, -0.15) is 0 Å². The van der Waals surface area contributed by atoms with E-state index in [1.54, 1.807) is 14.1 Å². The second-order valence-electron chi connectivity index (χ2n) is 9.21. The summed E-state index contributed by atoms with van der Waals surface area (Å²) in [7, 11) is 3.38. The predicted octanol–water partition coefficient (Wildman–Crippen LogP) is 5.62. The zero-order chi connectivity index (χ0) is 19.7. The van der Waals surface area contributed by atoms with Crippen molar-refractivity contribution in [2.75, 3.05) is 14.1 Å². The molecule has 0 fully saturated rings. The molecule has 0 saturated carbocycles. The lowest BCUT2D eigenvalue weighted by Gasteiger charge is -2.19. The molecular formula is C23H32N2O. The van der Waals surface area contributed by atoms with Crippen LogP contribution in [-0.2, 0) is 15.6 Å². The SMILES string of the molecule is CC(C)(C)c1ccc2[nH]c3ccc(C(C)(C)C)cc3c2c1.CN(C)C=O. The van der Waals surface area contributed by atoms with E-state index in [-0.39, 0.29) is 10.8 Å². The van der Waals surface area contributed by atoms with Crippen LogP contribution in [0.1, 0.15) is 52.7 Å². The lowest BCUT2D eigenvalue weighted by atomic mass is 9.85. The maximum absolute atomic E-state index is 9.43. The van der Waals surface area contributed by atoms with Gasteiger partial charge in [0.05, 0.1) is 0 Å². The molecule has 3 nitrogen and oxygen atoms in total. The zero-order valence-corrected chi connectivity index (χ0v) is 17.4. The number of benzene rings is 2. The van der Waals surface area contributed by atoms with Gasteiger partial charge in [0.2, 0.25) is 6.41 Å². The Morgan fingerprint density at radius 3 is 1.38 bits per heavy atom. The first-order chi connectivity index (χ1) is 11.9. The highest BCUT2D eigenvalue weighted by Gasteiger charge is 2.17. The molecule has 140 valence electrons. The van der Waals surface area contributed by atoms with E-state index in [4.69, 9.17) is 0 Å². The van der Waals surface area contributed by atoms with Gasteiger partial charge in [0, 0.05) is 35.9 Å². The van der Waals surface area contributed by atoms with Crippen molar-refractivity contribution in [2.24, 2.45) is 0 Å². The fourth-order valence-corrected chi connectivity index (χ4v) is 2.83. The van der Waals surface area contributed by atoms with E-state index in [0.717, 1.165) is 6.41 Å². The van der Waals surface area contributed by atoms with Crippen LogP contribution in [0.4, 0.5) is 0 Å². The summed E-state index contributed by atoms with van der Waals surface area (Å²) in [4.78, 5) is 14.4. The van der Waals surface area contributed by atoms with E-state index < -0.39 is 0 Å². The molecule has 3 rings (SSSR count). The summed E-state index contributed by atoms with van der Waals surface area (Å²) in [5, 5.41) is 2.67. The standard InChI is InChI=1S/C20H25N.C3H7NO/c1-19(2,3)13-7-9-17-15(11-13)16-12-14(20(4,5)6)8-10-18(16)21-17;1-4(2)3-5/h7-12,21H,1-6H3;3H,1-2H3. The molecule has 2 aromatic carbocycles. The van der Waals surface area contributed by atoms with Crippen molar-refractivity contribution in [3.63, 3.8) is 0 Å². The number of aromatic nitrogens is 1. The highest BCUT2D eigenvalue weighted by Crippen LogP contribution is 2.33. The van der Waals surface area contributed by atoms with Gasteiger partial charge in [-0.05, 0) is 46.2 Å². The third kappa shape index (κ3) is 4.46. The van der Waals surface area contributed by atoms with E-state index in [1.807, 2.05) is 0 Å². The molecule has 0 aliphatic carbocycles. The number of hydrogen-bond acceptors (Lipinski definition) is 1. The molecule has 0 saturated heterocycles. The van der Waals surface area contributed by atoms with Gasteiger partial charge in [-0.1, -0.05) is 53.7 Å². The second kappa shape index (κ2) is 7.14. The molecule has 1 amide bonds. The average molecular weight is 353 g/mol. The predicted molar refractivity (Wildman–Crippen MR) is 113 cm³/mol. The van der Waals surface area contributed by atoms with Gasteiger partial charge in [-0.3, -0.25) is 4.79 Å². The summed E-state index contributed by atoms with van der Waals surface area (Å²) >= 11 is 0. The number of nitrogens with one attached hydrogen (secondary N) is 1. The monoisotopic (exact) mass is 352 g/mol. The van der Waals surface area contributed by atoms with Gasteiger partial charge in [0.1, 0.15) is 0 Å². The van der Waals surface area contributed by atoms with Gasteiger partial charge < -0.3 is 9.88 Å².